The van der Waals surface area contributed by atoms with E-state index in [9.17, 15) is 14.0 Å². The quantitative estimate of drug-likeness (QED) is 0.644. The lowest BCUT2D eigenvalue weighted by Gasteiger charge is -2.25. The number of amides is 2. The van der Waals surface area contributed by atoms with Gasteiger partial charge in [0.05, 0.1) is 29.1 Å². The Morgan fingerprint density at radius 2 is 1.94 bits per heavy atom. The highest BCUT2D eigenvalue weighted by atomic mass is 32.1. The first-order chi connectivity index (χ1) is 15.1. The molecule has 4 heterocycles. The Labute approximate surface area is 189 Å². The molecule has 0 aliphatic carbocycles. The van der Waals surface area contributed by atoms with Gasteiger partial charge >= 0.3 is 0 Å². The molecule has 1 aliphatic heterocycles. The number of nitrogens with one attached hydrogen (secondary N) is 1. The minimum Gasteiger partial charge on any atom is -0.348 e. The second-order valence-electron chi connectivity index (χ2n) is 8.86. The monoisotopic (exact) mass is 456 g/mol. The molecule has 0 spiro atoms. The zero-order valence-corrected chi connectivity index (χ0v) is 19.2. The molecule has 1 aliphatic rings. The van der Waals surface area contributed by atoms with E-state index < -0.39 is 11.2 Å². The minimum atomic E-state index is -0.506. The molecule has 3 aromatic heterocycles. The van der Waals surface area contributed by atoms with E-state index in [1.54, 1.807) is 16.0 Å². The lowest BCUT2D eigenvalue weighted by molar-refractivity contribution is -0.138. The molecule has 32 heavy (non-hydrogen) atoms. The Morgan fingerprint density at radius 3 is 2.66 bits per heavy atom. The summed E-state index contributed by atoms with van der Waals surface area (Å²) >= 11 is 1.40. The average molecular weight is 457 g/mol. The molecule has 2 amide bonds. The molecule has 1 atom stereocenters. The SMILES string of the molecule is C[C@H](Nc1nc(C(=O)N2CCN(C(=O)C(C)(C)C)C2)c2sccc2n1)c1cncc(F)c1. The van der Waals surface area contributed by atoms with Gasteiger partial charge in [0.15, 0.2) is 5.69 Å². The van der Waals surface area contributed by atoms with Crippen LogP contribution in [0.2, 0.25) is 0 Å². The van der Waals surface area contributed by atoms with Crippen molar-refractivity contribution >= 4 is 39.3 Å². The summed E-state index contributed by atoms with van der Waals surface area (Å²) < 4.78 is 14.2. The second kappa shape index (κ2) is 8.42. The number of carbonyl (C=O) groups excluding carboxylic acids is 2. The van der Waals surface area contributed by atoms with Crippen LogP contribution in [0.3, 0.4) is 0 Å². The van der Waals surface area contributed by atoms with Crippen LogP contribution in [0.1, 0.15) is 49.8 Å². The van der Waals surface area contributed by atoms with Crippen molar-refractivity contribution in [3.63, 3.8) is 0 Å². The summed E-state index contributed by atoms with van der Waals surface area (Å²) in [5.41, 5.74) is 1.08. The number of halogens is 1. The van der Waals surface area contributed by atoms with Gasteiger partial charge in [0.2, 0.25) is 11.9 Å². The first-order valence-electron chi connectivity index (χ1n) is 10.3. The van der Waals surface area contributed by atoms with Gasteiger partial charge < -0.3 is 15.1 Å². The first kappa shape index (κ1) is 22.1. The van der Waals surface area contributed by atoms with Crippen molar-refractivity contribution in [1.82, 2.24) is 24.8 Å². The molecule has 0 bridgehead atoms. The highest BCUT2D eigenvalue weighted by molar-refractivity contribution is 7.17. The largest absolute Gasteiger partial charge is 0.348 e. The second-order valence-corrected chi connectivity index (χ2v) is 9.78. The van der Waals surface area contributed by atoms with Gasteiger partial charge in [0.1, 0.15) is 5.82 Å². The summed E-state index contributed by atoms with van der Waals surface area (Å²) in [6.45, 7) is 8.63. The lowest BCUT2D eigenvalue weighted by atomic mass is 9.95. The first-order valence-corrected chi connectivity index (χ1v) is 11.2. The fourth-order valence-corrected chi connectivity index (χ4v) is 4.37. The molecule has 168 valence electrons. The van der Waals surface area contributed by atoms with E-state index in [1.165, 1.54) is 17.4 Å². The van der Waals surface area contributed by atoms with Gasteiger partial charge in [-0.2, -0.15) is 0 Å². The van der Waals surface area contributed by atoms with Crippen molar-refractivity contribution in [1.29, 1.82) is 0 Å². The van der Waals surface area contributed by atoms with E-state index in [2.05, 4.69) is 20.3 Å². The number of aromatic nitrogens is 3. The van der Waals surface area contributed by atoms with E-state index in [0.717, 1.165) is 6.20 Å². The standard InChI is InChI=1S/C22H25FN6O2S/c1-13(14-9-15(23)11-24-10-14)25-21-26-16-5-8-32-18(16)17(27-21)19(30)28-6-7-29(12-28)20(31)22(2,3)4/h5,8-11,13H,6-7,12H2,1-4H3,(H,25,26,27)/t13-/m0/s1. The summed E-state index contributed by atoms with van der Waals surface area (Å²) in [7, 11) is 0. The lowest BCUT2D eigenvalue weighted by Crippen LogP contribution is -2.40. The number of pyridine rings is 1. The third kappa shape index (κ3) is 4.40. The highest BCUT2D eigenvalue weighted by Gasteiger charge is 2.34. The predicted molar refractivity (Wildman–Crippen MR) is 121 cm³/mol. The molecule has 10 heteroatoms. The molecule has 0 unspecified atom stereocenters. The van der Waals surface area contributed by atoms with E-state index in [0.29, 0.717) is 34.6 Å². The molecule has 0 saturated carbocycles. The molecule has 1 fully saturated rings. The Kier molecular flexibility index (Phi) is 5.81. The number of nitrogens with zero attached hydrogens (tertiary/aromatic N) is 5. The van der Waals surface area contributed by atoms with Crippen LogP contribution in [-0.4, -0.2) is 56.3 Å². The van der Waals surface area contributed by atoms with Gasteiger partial charge in [-0.3, -0.25) is 14.6 Å². The van der Waals surface area contributed by atoms with Crippen LogP contribution >= 0.6 is 11.3 Å². The van der Waals surface area contributed by atoms with Gasteiger partial charge in [-0.25, -0.2) is 14.4 Å². The van der Waals surface area contributed by atoms with Crippen LogP contribution in [-0.2, 0) is 4.79 Å². The van der Waals surface area contributed by atoms with Crippen molar-refractivity contribution in [3.8, 4) is 0 Å². The van der Waals surface area contributed by atoms with Crippen LogP contribution in [0.4, 0.5) is 10.3 Å². The number of rotatable bonds is 4. The predicted octanol–water partition coefficient (Wildman–Crippen LogP) is 3.69. The molecule has 0 aromatic carbocycles. The van der Waals surface area contributed by atoms with Gasteiger partial charge in [-0.05, 0) is 30.0 Å². The van der Waals surface area contributed by atoms with Gasteiger partial charge in [0, 0.05) is 24.7 Å². The molecular weight excluding hydrogens is 431 g/mol. The van der Waals surface area contributed by atoms with E-state index in [1.807, 2.05) is 39.1 Å². The third-order valence-electron chi connectivity index (χ3n) is 5.28. The zero-order valence-electron chi connectivity index (χ0n) is 18.4. The number of fused-ring (bicyclic) bond motifs is 1. The molecular formula is C22H25FN6O2S. The summed E-state index contributed by atoms with van der Waals surface area (Å²) in [5, 5.41) is 5.00. The van der Waals surface area contributed by atoms with Crippen LogP contribution in [0.25, 0.3) is 10.2 Å². The molecule has 4 rings (SSSR count). The maximum atomic E-state index is 13.5. The number of anilines is 1. The fourth-order valence-electron chi connectivity index (χ4n) is 3.56. The topological polar surface area (TPSA) is 91.3 Å². The Hall–Kier alpha value is -3.14. The van der Waals surface area contributed by atoms with Gasteiger partial charge in [-0.15, -0.1) is 11.3 Å². The maximum absolute atomic E-state index is 13.5. The van der Waals surface area contributed by atoms with E-state index in [-0.39, 0.29) is 30.5 Å². The molecule has 0 radical (unpaired) electrons. The number of hydrogen-bond donors (Lipinski definition) is 1. The fraction of sp³-hybridized carbons (Fsp3) is 0.409. The number of carbonyl (C=O) groups is 2. The summed E-state index contributed by atoms with van der Waals surface area (Å²) in [4.78, 5) is 42.2. The Bertz CT molecular complexity index is 1170. The smallest absolute Gasteiger partial charge is 0.275 e. The number of thiophene rings is 1. The molecule has 8 nitrogen and oxygen atoms in total. The van der Waals surface area contributed by atoms with Crippen molar-refractivity contribution in [2.24, 2.45) is 5.41 Å². The van der Waals surface area contributed by atoms with Crippen molar-refractivity contribution < 1.29 is 14.0 Å². The number of hydrogen-bond acceptors (Lipinski definition) is 7. The van der Waals surface area contributed by atoms with Crippen molar-refractivity contribution in [2.75, 3.05) is 25.1 Å². The molecule has 1 saturated heterocycles. The van der Waals surface area contributed by atoms with Crippen LogP contribution < -0.4 is 5.32 Å². The summed E-state index contributed by atoms with van der Waals surface area (Å²) in [6.07, 6.45) is 2.71. The summed E-state index contributed by atoms with van der Waals surface area (Å²) in [5.74, 6) is -0.383. The van der Waals surface area contributed by atoms with Crippen LogP contribution in [0.5, 0.6) is 0 Å². The van der Waals surface area contributed by atoms with Crippen LogP contribution in [0, 0.1) is 11.2 Å². The maximum Gasteiger partial charge on any atom is 0.275 e. The van der Waals surface area contributed by atoms with Crippen molar-refractivity contribution in [2.45, 2.75) is 33.7 Å². The van der Waals surface area contributed by atoms with Crippen LogP contribution in [0.15, 0.2) is 29.9 Å². The third-order valence-corrected chi connectivity index (χ3v) is 6.19. The van der Waals surface area contributed by atoms with Gasteiger partial charge in [-0.1, -0.05) is 20.8 Å². The normalized spacial score (nSPS) is 15.3. The van der Waals surface area contributed by atoms with E-state index >= 15 is 0 Å². The summed E-state index contributed by atoms with van der Waals surface area (Å²) in [6, 6.07) is 2.91. The van der Waals surface area contributed by atoms with Crippen molar-refractivity contribution in [3.05, 3.63) is 47.0 Å². The Balaban J connectivity index is 1.58. The highest BCUT2D eigenvalue weighted by Crippen LogP contribution is 2.27. The average Bonchev–Trinajstić information content (AvgIpc) is 3.41. The molecule has 1 N–H and O–H groups in total. The minimum absolute atomic E-state index is 0.0108. The zero-order chi connectivity index (χ0) is 23.0. The van der Waals surface area contributed by atoms with Gasteiger partial charge in [0.25, 0.3) is 5.91 Å². The van der Waals surface area contributed by atoms with E-state index in [4.69, 9.17) is 0 Å². The molecule has 3 aromatic rings. The Morgan fingerprint density at radius 1 is 1.19 bits per heavy atom.